The molecule has 11 nitrogen and oxygen atoms in total. The lowest BCUT2D eigenvalue weighted by Gasteiger charge is -2.27. The second-order valence-corrected chi connectivity index (χ2v) is 9.04. The summed E-state index contributed by atoms with van der Waals surface area (Å²) in [5.41, 5.74) is 4.94. The fraction of sp³-hybridized carbons (Fsp3) is 0.474. The largest absolute Gasteiger partial charge is 0.378 e. The molecule has 0 aliphatic carbocycles. The molecule has 1 aromatic rings. The lowest BCUT2D eigenvalue weighted by atomic mass is 10.0. The number of nitrogens with one attached hydrogen (secondary N) is 1. The zero-order valence-electron chi connectivity index (χ0n) is 16.7. The van der Waals surface area contributed by atoms with E-state index in [0.717, 1.165) is 4.90 Å². The Morgan fingerprint density at radius 2 is 1.74 bits per heavy atom. The van der Waals surface area contributed by atoms with Crippen molar-refractivity contribution in [3.63, 3.8) is 0 Å². The maximum absolute atomic E-state index is 13.0. The first kappa shape index (κ1) is 23.0. The number of piperidine rings is 1. The van der Waals surface area contributed by atoms with Gasteiger partial charge in [-0.05, 0) is 18.6 Å². The Bertz CT molecular complexity index is 1010. The Balaban J connectivity index is 1.75. The smallest absolute Gasteiger partial charge is 0.263 e. The molecule has 1 saturated heterocycles. The van der Waals surface area contributed by atoms with E-state index in [2.05, 4.69) is 5.32 Å². The molecule has 1 aromatic carbocycles. The van der Waals surface area contributed by atoms with Gasteiger partial charge in [0.1, 0.15) is 6.04 Å². The summed E-state index contributed by atoms with van der Waals surface area (Å²) in [6, 6.07) is 2.79. The zero-order chi connectivity index (χ0) is 22.6. The van der Waals surface area contributed by atoms with Gasteiger partial charge >= 0.3 is 0 Å². The van der Waals surface area contributed by atoms with Gasteiger partial charge < -0.3 is 15.2 Å². The molecule has 1 fully saturated rings. The van der Waals surface area contributed by atoms with E-state index in [9.17, 15) is 27.6 Å². The van der Waals surface area contributed by atoms with Gasteiger partial charge in [0.25, 0.3) is 11.8 Å². The Morgan fingerprint density at radius 3 is 2.42 bits per heavy atom. The van der Waals surface area contributed by atoms with Gasteiger partial charge in [-0.25, -0.2) is 8.42 Å². The number of nitrogens with two attached hydrogens (primary N) is 1. The number of fused-ring (bicyclic) bond motifs is 1. The lowest BCUT2D eigenvalue weighted by Crippen LogP contribution is -2.54. The maximum atomic E-state index is 13.0. The van der Waals surface area contributed by atoms with Crippen LogP contribution in [0.5, 0.6) is 0 Å². The molecule has 3 N–H and O–H groups in total. The average molecular weight is 453 g/mol. The molecule has 0 aromatic heterocycles. The number of nitrogens with zero attached hydrogens (tertiary/aromatic N) is 1. The van der Waals surface area contributed by atoms with E-state index >= 15 is 0 Å². The van der Waals surface area contributed by atoms with Gasteiger partial charge in [0.05, 0.1) is 48.2 Å². The van der Waals surface area contributed by atoms with Crippen molar-refractivity contribution in [1.29, 1.82) is 0 Å². The number of amides is 4. The number of carbonyl (C=O) groups excluding carboxylic acids is 4. The molecule has 1 unspecified atom stereocenters. The van der Waals surface area contributed by atoms with Gasteiger partial charge in [0.15, 0.2) is 9.84 Å². The van der Waals surface area contributed by atoms with E-state index < -0.39 is 45.3 Å². The topological polar surface area (TPSA) is 162 Å². The summed E-state index contributed by atoms with van der Waals surface area (Å²) < 4.78 is 36.1. The molecule has 0 radical (unpaired) electrons. The quantitative estimate of drug-likeness (QED) is 0.329. The highest BCUT2D eigenvalue weighted by Crippen LogP contribution is 2.32. The van der Waals surface area contributed by atoms with Crippen molar-refractivity contribution in [2.24, 2.45) is 5.73 Å². The van der Waals surface area contributed by atoms with Crippen molar-refractivity contribution in [2.45, 2.75) is 23.8 Å². The Kier molecular flexibility index (Phi) is 7.15. The summed E-state index contributed by atoms with van der Waals surface area (Å²) in [6.07, 6.45) is -0.0421. The Hall–Kier alpha value is -2.67. The van der Waals surface area contributed by atoms with Gasteiger partial charge in [0.2, 0.25) is 11.8 Å². The number of imide groups is 2. The van der Waals surface area contributed by atoms with Crippen LogP contribution in [0.1, 0.15) is 33.6 Å². The number of carbonyl (C=O) groups is 4. The second-order valence-electron chi connectivity index (χ2n) is 6.96. The zero-order valence-corrected chi connectivity index (χ0v) is 17.5. The van der Waals surface area contributed by atoms with Crippen LogP contribution >= 0.6 is 0 Å². The highest BCUT2D eigenvalue weighted by Gasteiger charge is 2.46. The molecular formula is C19H23N3O8S. The molecule has 1 atom stereocenters. The minimum absolute atomic E-state index is 0.0156. The first-order valence-electron chi connectivity index (χ1n) is 9.71. The fourth-order valence-electron chi connectivity index (χ4n) is 3.43. The van der Waals surface area contributed by atoms with Crippen LogP contribution in [0, 0.1) is 0 Å². The number of hydrogen-bond donors (Lipinski definition) is 2. The van der Waals surface area contributed by atoms with Gasteiger partial charge in [0, 0.05) is 13.0 Å². The minimum atomic E-state index is -3.96. The van der Waals surface area contributed by atoms with Crippen molar-refractivity contribution >= 4 is 33.5 Å². The summed E-state index contributed by atoms with van der Waals surface area (Å²) in [6.45, 7) is 1.07. The van der Waals surface area contributed by atoms with Crippen molar-refractivity contribution in [3.8, 4) is 0 Å². The van der Waals surface area contributed by atoms with Crippen LogP contribution in [0.2, 0.25) is 0 Å². The van der Waals surface area contributed by atoms with Crippen molar-refractivity contribution in [3.05, 3.63) is 29.3 Å². The van der Waals surface area contributed by atoms with Crippen molar-refractivity contribution in [2.75, 3.05) is 38.7 Å². The van der Waals surface area contributed by atoms with E-state index in [1.54, 1.807) is 0 Å². The number of benzene rings is 1. The van der Waals surface area contributed by atoms with Crippen molar-refractivity contribution in [1.82, 2.24) is 10.2 Å². The molecule has 0 bridgehead atoms. The molecule has 3 rings (SSSR count). The number of sulfone groups is 1. The van der Waals surface area contributed by atoms with E-state index in [0.29, 0.717) is 13.2 Å². The third-order valence-electron chi connectivity index (χ3n) is 4.90. The van der Waals surface area contributed by atoms with E-state index in [1.807, 2.05) is 0 Å². The third kappa shape index (κ3) is 4.82. The maximum Gasteiger partial charge on any atom is 0.263 e. The van der Waals surface area contributed by atoms with Crippen LogP contribution in [0.15, 0.2) is 23.1 Å². The predicted molar refractivity (Wildman–Crippen MR) is 106 cm³/mol. The van der Waals surface area contributed by atoms with E-state index in [1.165, 1.54) is 18.2 Å². The summed E-state index contributed by atoms with van der Waals surface area (Å²) >= 11 is 0. The molecular weight excluding hydrogens is 430 g/mol. The normalized spacial score (nSPS) is 19.0. The summed E-state index contributed by atoms with van der Waals surface area (Å²) in [7, 11) is -3.96. The summed E-state index contributed by atoms with van der Waals surface area (Å²) in [4.78, 5) is 49.8. The fourth-order valence-corrected chi connectivity index (χ4v) is 4.78. The van der Waals surface area contributed by atoms with Gasteiger partial charge in [-0.15, -0.1) is 0 Å². The first-order valence-corrected chi connectivity index (χ1v) is 11.4. The molecule has 168 valence electrons. The van der Waals surface area contributed by atoms with Gasteiger partial charge in [-0.1, -0.05) is 6.07 Å². The van der Waals surface area contributed by atoms with Crippen LogP contribution < -0.4 is 11.1 Å². The SMILES string of the molecule is NCCOCCOCCS(=O)(=O)c1cccc2c1C(=O)N(C1CCC(=O)NC1=O)C2=O. The average Bonchev–Trinajstić information content (AvgIpc) is 2.98. The number of rotatable bonds is 10. The monoisotopic (exact) mass is 453 g/mol. The molecule has 0 saturated carbocycles. The van der Waals surface area contributed by atoms with E-state index in [4.69, 9.17) is 15.2 Å². The van der Waals surface area contributed by atoms with Crippen LogP contribution in [0.4, 0.5) is 0 Å². The van der Waals surface area contributed by atoms with Crippen LogP contribution in [0.3, 0.4) is 0 Å². The summed E-state index contributed by atoms with van der Waals surface area (Å²) in [5.74, 6) is -3.29. The second kappa shape index (κ2) is 9.64. The number of hydrogen-bond acceptors (Lipinski definition) is 9. The number of ether oxygens (including phenoxy) is 2. The highest BCUT2D eigenvalue weighted by molar-refractivity contribution is 7.91. The molecule has 2 aliphatic rings. The molecule has 2 heterocycles. The Morgan fingerprint density at radius 1 is 1.03 bits per heavy atom. The molecule has 4 amide bonds. The summed E-state index contributed by atoms with van der Waals surface area (Å²) in [5, 5.41) is 2.10. The van der Waals surface area contributed by atoms with Crippen LogP contribution in [-0.4, -0.2) is 81.7 Å². The predicted octanol–water partition coefficient (Wildman–Crippen LogP) is -1.15. The lowest BCUT2D eigenvalue weighted by molar-refractivity contribution is -0.136. The molecule has 31 heavy (non-hydrogen) atoms. The first-order chi connectivity index (χ1) is 14.8. The van der Waals surface area contributed by atoms with E-state index in [-0.39, 0.29) is 48.7 Å². The molecule has 12 heteroatoms. The van der Waals surface area contributed by atoms with Gasteiger partial charge in [-0.3, -0.25) is 29.4 Å². The minimum Gasteiger partial charge on any atom is -0.378 e. The standard InChI is InChI=1S/C19H23N3O8S/c20-6-7-29-8-9-30-10-11-31(27,28)14-3-1-2-12-16(14)19(26)22(18(12)25)13-4-5-15(23)21-17(13)24/h1-3,13H,4-11,20H2,(H,21,23,24). The van der Waals surface area contributed by atoms with Gasteiger partial charge in [-0.2, -0.15) is 0 Å². The van der Waals surface area contributed by atoms with Crippen LogP contribution in [0.25, 0.3) is 0 Å². The third-order valence-corrected chi connectivity index (χ3v) is 6.61. The Labute approximate surface area is 178 Å². The van der Waals surface area contributed by atoms with Crippen molar-refractivity contribution < 1.29 is 37.1 Å². The molecule has 2 aliphatic heterocycles. The highest BCUT2D eigenvalue weighted by atomic mass is 32.2. The van der Waals surface area contributed by atoms with Crippen LogP contribution in [-0.2, 0) is 28.9 Å². The molecule has 0 spiro atoms.